The Kier molecular flexibility index (Phi) is 4.04. The van der Waals surface area contributed by atoms with Gasteiger partial charge in [-0.3, -0.25) is 4.72 Å². The van der Waals surface area contributed by atoms with Gasteiger partial charge in [0.05, 0.1) is 5.75 Å². The van der Waals surface area contributed by atoms with Crippen molar-refractivity contribution in [3.8, 4) is 0 Å². The highest BCUT2D eigenvalue weighted by molar-refractivity contribution is 7.92. The Morgan fingerprint density at radius 1 is 1.06 bits per heavy atom. The van der Waals surface area contributed by atoms with Gasteiger partial charge in [-0.05, 0) is 30.5 Å². The summed E-state index contributed by atoms with van der Waals surface area (Å²) in [6, 6.07) is 13.3. The van der Waals surface area contributed by atoms with Crippen LogP contribution in [0, 0.1) is 0 Å². The van der Waals surface area contributed by atoms with Crippen LogP contribution in [0.25, 0.3) is 0 Å². The summed E-state index contributed by atoms with van der Waals surface area (Å²) >= 11 is 0. The number of aromatic nitrogens is 1. The minimum absolute atomic E-state index is 0.126. The van der Waals surface area contributed by atoms with Gasteiger partial charge in [-0.25, -0.2) is 8.42 Å². The van der Waals surface area contributed by atoms with Crippen LogP contribution in [-0.2, 0) is 16.4 Å². The van der Waals surface area contributed by atoms with Gasteiger partial charge in [0.15, 0.2) is 0 Å². The average Bonchev–Trinajstić information content (AvgIpc) is 2.82. The van der Waals surface area contributed by atoms with Crippen LogP contribution < -0.4 is 4.72 Å². The molecule has 2 N–H and O–H groups in total. The molecule has 5 heteroatoms. The first kappa shape index (κ1) is 12.7. The maximum atomic E-state index is 11.8. The fourth-order valence-electron chi connectivity index (χ4n) is 1.72. The third kappa shape index (κ3) is 3.92. The first-order valence-corrected chi connectivity index (χ1v) is 7.49. The number of sulfonamides is 1. The molecular weight excluding hydrogens is 248 g/mol. The second-order valence-electron chi connectivity index (χ2n) is 4.09. The lowest BCUT2D eigenvalue weighted by Crippen LogP contribution is -2.17. The molecule has 2 aromatic rings. The first-order chi connectivity index (χ1) is 8.66. The van der Waals surface area contributed by atoms with E-state index < -0.39 is 10.0 Å². The monoisotopic (exact) mass is 264 g/mol. The molecule has 0 saturated carbocycles. The van der Waals surface area contributed by atoms with Gasteiger partial charge in [0.2, 0.25) is 10.0 Å². The summed E-state index contributed by atoms with van der Waals surface area (Å²) < 4.78 is 26.0. The smallest absolute Gasteiger partial charge is 0.233 e. The minimum Gasteiger partial charge on any atom is -0.348 e. The molecule has 4 nitrogen and oxygen atoms in total. The zero-order valence-corrected chi connectivity index (χ0v) is 10.8. The second-order valence-corrected chi connectivity index (χ2v) is 5.94. The Morgan fingerprint density at radius 3 is 2.50 bits per heavy atom. The number of H-pyrrole nitrogens is 1. The first-order valence-electron chi connectivity index (χ1n) is 5.83. The normalized spacial score (nSPS) is 11.3. The third-order valence-electron chi connectivity index (χ3n) is 2.58. The lowest BCUT2D eigenvalue weighted by atomic mass is 10.1. The number of aromatic amines is 1. The second kappa shape index (κ2) is 5.73. The third-order valence-corrected chi connectivity index (χ3v) is 3.94. The molecule has 0 bridgehead atoms. The maximum Gasteiger partial charge on any atom is 0.233 e. The van der Waals surface area contributed by atoms with Gasteiger partial charge in [-0.2, -0.15) is 0 Å². The molecule has 18 heavy (non-hydrogen) atoms. The highest BCUT2D eigenvalue weighted by Gasteiger charge is 2.10. The summed E-state index contributed by atoms with van der Waals surface area (Å²) in [4.78, 5) is 2.81. The lowest BCUT2D eigenvalue weighted by molar-refractivity contribution is 0.598. The van der Waals surface area contributed by atoms with E-state index in [4.69, 9.17) is 0 Å². The van der Waals surface area contributed by atoms with Crippen molar-refractivity contribution in [3.05, 3.63) is 54.2 Å². The Labute approximate surface area is 107 Å². The standard InChI is InChI=1S/C13H16N2O2S/c16-18(17,15-13-9-4-10-14-13)11-5-8-12-6-2-1-3-7-12/h1-4,6-7,9-10,14-15H,5,8,11H2. The van der Waals surface area contributed by atoms with E-state index in [1.807, 2.05) is 30.3 Å². The Balaban J connectivity index is 1.82. The van der Waals surface area contributed by atoms with Crippen molar-refractivity contribution in [1.82, 2.24) is 4.98 Å². The summed E-state index contributed by atoms with van der Waals surface area (Å²) in [5.74, 6) is 0.635. The number of hydrogen-bond donors (Lipinski definition) is 2. The zero-order chi connectivity index (χ0) is 12.8. The lowest BCUT2D eigenvalue weighted by Gasteiger charge is -2.06. The van der Waals surface area contributed by atoms with Gasteiger partial charge in [0.25, 0.3) is 0 Å². The average molecular weight is 264 g/mol. The SMILES string of the molecule is O=S(=O)(CCCc1ccccc1)Nc1ccc[nH]1. The molecule has 0 saturated heterocycles. The van der Waals surface area contributed by atoms with E-state index in [0.717, 1.165) is 12.0 Å². The molecule has 2 rings (SSSR count). The van der Waals surface area contributed by atoms with Crippen LogP contribution in [0.5, 0.6) is 0 Å². The molecule has 1 aromatic carbocycles. The molecule has 0 amide bonds. The summed E-state index contributed by atoms with van der Waals surface area (Å²) in [6.45, 7) is 0. The van der Waals surface area contributed by atoms with Crippen molar-refractivity contribution >= 4 is 15.8 Å². The summed E-state index contributed by atoms with van der Waals surface area (Å²) in [6.07, 6.45) is 3.06. The highest BCUT2D eigenvalue weighted by Crippen LogP contribution is 2.08. The number of hydrogen-bond acceptors (Lipinski definition) is 2. The Bertz CT molecular complexity index is 562. The zero-order valence-electron chi connectivity index (χ0n) is 9.96. The minimum atomic E-state index is -3.26. The molecule has 0 aliphatic heterocycles. The van der Waals surface area contributed by atoms with Crippen molar-refractivity contribution in [2.75, 3.05) is 10.5 Å². The molecule has 0 atom stereocenters. The van der Waals surface area contributed by atoms with Gasteiger partial charge in [0.1, 0.15) is 5.82 Å². The van der Waals surface area contributed by atoms with E-state index in [0.29, 0.717) is 12.2 Å². The predicted octanol–water partition coefficient (Wildman–Crippen LogP) is 2.39. The number of nitrogens with one attached hydrogen (secondary N) is 2. The van der Waals surface area contributed by atoms with Crippen LogP contribution in [0.2, 0.25) is 0 Å². The molecule has 1 aromatic heterocycles. The van der Waals surface area contributed by atoms with E-state index >= 15 is 0 Å². The quantitative estimate of drug-likeness (QED) is 0.841. The van der Waals surface area contributed by atoms with E-state index in [1.165, 1.54) is 0 Å². The van der Waals surface area contributed by atoms with Crippen LogP contribution in [0.4, 0.5) is 5.82 Å². The van der Waals surface area contributed by atoms with Crippen LogP contribution >= 0.6 is 0 Å². The summed E-state index contributed by atoms with van der Waals surface area (Å²) in [7, 11) is -3.26. The summed E-state index contributed by atoms with van der Waals surface area (Å²) in [5, 5.41) is 0. The topological polar surface area (TPSA) is 62.0 Å². The van der Waals surface area contributed by atoms with Crippen molar-refractivity contribution in [2.24, 2.45) is 0 Å². The van der Waals surface area contributed by atoms with Gasteiger partial charge in [-0.15, -0.1) is 0 Å². The largest absolute Gasteiger partial charge is 0.348 e. The number of anilines is 1. The molecule has 0 spiro atoms. The van der Waals surface area contributed by atoms with Gasteiger partial charge in [-0.1, -0.05) is 30.3 Å². The number of benzene rings is 1. The van der Waals surface area contributed by atoms with Gasteiger partial charge >= 0.3 is 0 Å². The predicted molar refractivity (Wildman–Crippen MR) is 73.0 cm³/mol. The molecule has 96 valence electrons. The van der Waals surface area contributed by atoms with Gasteiger partial charge < -0.3 is 4.98 Å². The van der Waals surface area contributed by atoms with Crippen LogP contribution in [-0.4, -0.2) is 19.2 Å². The van der Waals surface area contributed by atoms with E-state index in [-0.39, 0.29) is 5.75 Å². The Hall–Kier alpha value is -1.75. The van der Waals surface area contributed by atoms with Gasteiger partial charge in [0, 0.05) is 6.20 Å². The van der Waals surface area contributed by atoms with E-state index in [1.54, 1.807) is 18.3 Å². The molecule has 0 fully saturated rings. The molecule has 0 unspecified atom stereocenters. The van der Waals surface area contributed by atoms with Crippen LogP contribution in [0.1, 0.15) is 12.0 Å². The van der Waals surface area contributed by atoms with Crippen molar-refractivity contribution in [1.29, 1.82) is 0 Å². The molecule has 0 aliphatic carbocycles. The van der Waals surface area contributed by atoms with Crippen LogP contribution in [0.3, 0.4) is 0 Å². The molecule has 1 heterocycles. The highest BCUT2D eigenvalue weighted by atomic mass is 32.2. The van der Waals surface area contributed by atoms with Crippen molar-refractivity contribution in [2.45, 2.75) is 12.8 Å². The number of rotatable bonds is 6. The van der Waals surface area contributed by atoms with Crippen LogP contribution in [0.15, 0.2) is 48.7 Å². The summed E-state index contributed by atoms with van der Waals surface area (Å²) in [5.41, 5.74) is 1.16. The Morgan fingerprint density at radius 2 is 1.83 bits per heavy atom. The van der Waals surface area contributed by atoms with Crippen molar-refractivity contribution < 1.29 is 8.42 Å². The van der Waals surface area contributed by atoms with E-state index in [2.05, 4.69) is 9.71 Å². The maximum absolute atomic E-state index is 11.8. The fraction of sp³-hybridized carbons (Fsp3) is 0.231. The van der Waals surface area contributed by atoms with Crippen molar-refractivity contribution in [3.63, 3.8) is 0 Å². The van der Waals surface area contributed by atoms with E-state index in [9.17, 15) is 8.42 Å². The molecular formula is C13H16N2O2S. The fourth-order valence-corrected chi connectivity index (χ4v) is 2.81. The molecule has 0 radical (unpaired) electrons. The molecule has 0 aliphatic rings. The number of aryl methyl sites for hydroxylation is 1.